The van der Waals surface area contributed by atoms with Gasteiger partial charge in [0.05, 0.1) is 7.11 Å². The Morgan fingerprint density at radius 3 is 2.78 bits per heavy atom. The highest BCUT2D eigenvalue weighted by atomic mass is 32.2. The van der Waals surface area contributed by atoms with E-state index in [9.17, 15) is 20.0 Å². The first kappa shape index (κ1) is 14.2. The van der Waals surface area contributed by atoms with Crippen molar-refractivity contribution in [3.63, 3.8) is 0 Å². The summed E-state index contributed by atoms with van der Waals surface area (Å²) in [6.45, 7) is 2.17. The van der Waals surface area contributed by atoms with Gasteiger partial charge in [0.2, 0.25) is 0 Å². The average molecular weight is 270 g/mol. The topological polar surface area (TPSA) is 89.7 Å². The summed E-state index contributed by atoms with van der Waals surface area (Å²) < 4.78 is 4.92. The largest absolute Gasteiger partial charge is 0.504 e. The van der Waals surface area contributed by atoms with Gasteiger partial charge in [-0.3, -0.25) is 14.9 Å². The molecule has 1 N–H and O–H groups in total. The number of carbonyl (C=O) groups is 1. The van der Waals surface area contributed by atoms with Gasteiger partial charge in [0, 0.05) is 6.92 Å². The lowest BCUT2D eigenvalue weighted by Crippen LogP contribution is -2.05. The molecule has 0 fully saturated rings. The van der Waals surface area contributed by atoms with Crippen molar-refractivity contribution in [2.24, 2.45) is 0 Å². The van der Waals surface area contributed by atoms with E-state index < -0.39 is 10.2 Å². The molecule has 1 atom stereocenters. The highest BCUT2D eigenvalue weighted by Gasteiger charge is 2.14. The van der Waals surface area contributed by atoms with Crippen molar-refractivity contribution >= 4 is 16.9 Å². The van der Waals surface area contributed by atoms with Gasteiger partial charge in [-0.25, -0.2) is 0 Å². The number of nitrogens with zero attached hydrogens (tertiary/aromatic N) is 1. The van der Waals surface area contributed by atoms with Gasteiger partial charge < -0.3 is 9.84 Å². The summed E-state index contributed by atoms with van der Waals surface area (Å²) in [5, 5.41) is 19.0. The minimum Gasteiger partial charge on any atom is -0.504 e. The van der Waals surface area contributed by atoms with Gasteiger partial charge in [-0.05, 0) is 23.9 Å². The Bertz CT molecular complexity index is 447. The minimum atomic E-state index is -0.716. The molecule has 0 radical (unpaired) electrons. The van der Waals surface area contributed by atoms with Crippen LogP contribution in [0.5, 0.6) is 11.5 Å². The van der Waals surface area contributed by atoms with Gasteiger partial charge in [0.15, 0.2) is 16.6 Å². The number of thioether (sulfide) groups is 1. The molecule has 0 heterocycles. The Morgan fingerprint density at radius 1 is 1.61 bits per heavy atom. The Labute approximate surface area is 108 Å². The quantitative estimate of drug-likeness (QED) is 0.501. The molecule has 0 saturated heterocycles. The summed E-state index contributed by atoms with van der Waals surface area (Å²) >= 11 is 0.833. The van der Waals surface area contributed by atoms with E-state index in [0.717, 1.165) is 18.3 Å². The Morgan fingerprint density at radius 2 is 2.28 bits per heavy atom. The molecule has 0 aliphatic rings. The number of phenols is 1. The molecule has 0 aliphatic carbocycles. The molecule has 0 aromatic heterocycles. The molecular weight excluding hydrogens is 258 g/mol. The lowest BCUT2D eigenvalue weighted by molar-refractivity contribution is -0.437. The number of ether oxygens (including phenoxy) is 1. The fourth-order valence-electron chi connectivity index (χ4n) is 1.35. The van der Waals surface area contributed by atoms with Crippen LogP contribution in [0.2, 0.25) is 0 Å². The Balaban J connectivity index is 3.03. The number of nitro groups is 1. The molecular formula is C11H12NO5S-. The molecule has 1 rings (SSSR count). The highest BCUT2D eigenvalue weighted by molar-refractivity contribution is 8.13. The first-order valence-corrected chi connectivity index (χ1v) is 5.84. The number of benzene rings is 1. The highest BCUT2D eigenvalue weighted by Crippen LogP contribution is 2.36. The van der Waals surface area contributed by atoms with Crippen LogP contribution in [0.3, 0.4) is 0 Å². The number of rotatable bonds is 5. The standard InChI is InChI=1S/C11H12NO5S/c1-7(13)18-11(6-12(15)16)8-3-4-9(14)10(5-8)17-2/h3-6,11,14H,1-2H3/q-1. The van der Waals surface area contributed by atoms with Gasteiger partial charge in [0.25, 0.3) is 0 Å². The van der Waals surface area contributed by atoms with Crippen molar-refractivity contribution in [1.29, 1.82) is 0 Å². The normalized spacial score (nSPS) is 11.7. The zero-order chi connectivity index (χ0) is 13.7. The van der Waals surface area contributed by atoms with Crippen molar-refractivity contribution in [3.8, 4) is 11.5 Å². The van der Waals surface area contributed by atoms with Crippen molar-refractivity contribution in [2.75, 3.05) is 7.11 Å². The number of hydrogen-bond acceptors (Lipinski definition) is 6. The number of hydrogen-bond donors (Lipinski definition) is 1. The van der Waals surface area contributed by atoms with Crippen LogP contribution in [-0.4, -0.2) is 22.3 Å². The van der Waals surface area contributed by atoms with E-state index in [2.05, 4.69) is 0 Å². The molecule has 0 amide bonds. The molecule has 1 aromatic carbocycles. The number of aromatic hydroxyl groups is 1. The molecule has 0 spiro atoms. The summed E-state index contributed by atoms with van der Waals surface area (Å²) in [4.78, 5) is 21.0. The first-order valence-electron chi connectivity index (χ1n) is 4.96. The van der Waals surface area contributed by atoms with E-state index in [-0.39, 0.29) is 16.6 Å². The van der Waals surface area contributed by atoms with Crippen LogP contribution in [0.4, 0.5) is 0 Å². The number of carbonyl (C=O) groups excluding carboxylic acids is 1. The fraction of sp³-hybridized carbons (Fsp3) is 0.273. The smallest absolute Gasteiger partial charge is 0.184 e. The van der Waals surface area contributed by atoms with Crippen molar-refractivity contribution in [2.45, 2.75) is 12.2 Å². The van der Waals surface area contributed by atoms with Crippen LogP contribution in [0.25, 0.3) is 0 Å². The SMILES string of the molecule is COc1cc(C([CH-][N+](=O)[O-])SC(C)=O)ccc1O. The summed E-state index contributed by atoms with van der Waals surface area (Å²) in [5.74, 6) is 0.146. The Hall–Kier alpha value is -1.89. The Kier molecular flexibility index (Phi) is 4.85. The summed E-state index contributed by atoms with van der Waals surface area (Å²) in [5.41, 5.74) is 0.515. The summed E-state index contributed by atoms with van der Waals surface area (Å²) in [6, 6.07) is 4.35. The third kappa shape index (κ3) is 3.85. The third-order valence-corrected chi connectivity index (χ3v) is 3.06. The average Bonchev–Trinajstić information content (AvgIpc) is 2.27. The zero-order valence-corrected chi connectivity index (χ0v) is 10.6. The molecule has 6 nitrogen and oxygen atoms in total. The molecule has 7 heteroatoms. The molecule has 1 unspecified atom stereocenters. The van der Waals surface area contributed by atoms with Crippen molar-refractivity contribution in [3.05, 3.63) is 40.4 Å². The van der Waals surface area contributed by atoms with E-state index in [1.54, 1.807) is 0 Å². The lowest BCUT2D eigenvalue weighted by atomic mass is 10.1. The monoisotopic (exact) mass is 270 g/mol. The third-order valence-electron chi connectivity index (χ3n) is 2.08. The number of methoxy groups -OCH3 is 1. The molecule has 0 bridgehead atoms. The van der Waals surface area contributed by atoms with Gasteiger partial charge >= 0.3 is 0 Å². The maximum absolute atomic E-state index is 11.1. The van der Waals surface area contributed by atoms with Crippen LogP contribution in [0.15, 0.2) is 18.2 Å². The lowest BCUT2D eigenvalue weighted by Gasteiger charge is -2.19. The van der Waals surface area contributed by atoms with Crippen LogP contribution in [-0.2, 0) is 4.79 Å². The van der Waals surface area contributed by atoms with Crippen LogP contribution in [0.1, 0.15) is 17.7 Å². The predicted molar refractivity (Wildman–Crippen MR) is 67.0 cm³/mol. The van der Waals surface area contributed by atoms with Crippen LogP contribution < -0.4 is 4.74 Å². The van der Waals surface area contributed by atoms with Crippen LogP contribution >= 0.6 is 11.8 Å². The molecule has 0 saturated carbocycles. The molecule has 98 valence electrons. The van der Waals surface area contributed by atoms with E-state index >= 15 is 0 Å². The molecule has 1 aromatic rings. The zero-order valence-electron chi connectivity index (χ0n) is 9.82. The van der Waals surface area contributed by atoms with Crippen molar-refractivity contribution in [1.82, 2.24) is 0 Å². The van der Waals surface area contributed by atoms with E-state index in [1.165, 1.54) is 32.2 Å². The maximum atomic E-state index is 11.1. The summed E-state index contributed by atoms with van der Waals surface area (Å²) in [7, 11) is 1.38. The fourth-order valence-corrected chi connectivity index (χ4v) is 2.15. The summed E-state index contributed by atoms with van der Waals surface area (Å²) in [6.07, 6.45) is 0. The van der Waals surface area contributed by atoms with Gasteiger partial charge in [0.1, 0.15) is 0 Å². The molecule has 0 aliphatic heterocycles. The first-order chi connectivity index (χ1) is 8.43. The van der Waals surface area contributed by atoms with E-state index in [1.807, 2.05) is 0 Å². The second-order valence-electron chi connectivity index (χ2n) is 3.40. The molecule has 18 heavy (non-hydrogen) atoms. The van der Waals surface area contributed by atoms with Gasteiger partial charge in [-0.2, -0.15) is 0 Å². The van der Waals surface area contributed by atoms with E-state index in [4.69, 9.17) is 4.74 Å². The van der Waals surface area contributed by atoms with Crippen LogP contribution in [0, 0.1) is 16.7 Å². The van der Waals surface area contributed by atoms with Gasteiger partial charge in [-0.15, -0.1) is 16.7 Å². The van der Waals surface area contributed by atoms with E-state index in [0.29, 0.717) is 5.56 Å². The van der Waals surface area contributed by atoms with Crippen molar-refractivity contribution < 1.29 is 19.6 Å². The maximum Gasteiger partial charge on any atom is 0.184 e. The minimum absolute atomic E-state index is 0.0612. The number of phenolic OH excluding ortho intramolecular Hbond substituents is 1. The second-order valence-corrected chi connectivity index (χ2v) is 4.71. The predicted octanol–water partition coefficient (Wildman–Crippen LogP) is 2.16. The second kappa shape index (κ2) is 6.15. The van der Waals surface area contributed by atoms with Gasteiger partial charge in [-0.1, -0.05) is 11.6 Å².